The third kappa shape index (κ3) is 4.13. The monoisotopic (exact) mass is 335 g/mol. The average molecular weight is 336 g/mol. The quantitative estimate of drug-likeness (QED) is 0.637. The summed E-state index contributed by atoms with van der Waals surface area (Å²) >= 11 is 0. The molecular formula is C12H18ClN3O4S. The number of halogens is 1. The second kappa shape index (κ2) is 7.17. The maximum Gasteiger partial charge on any atom is 0.289 e. The minimum absolute atomic E-state index is 0. The molecule has 2 rings (SSSR count). The SMILES string of the molecule is CC1CNCCC1NS(=O)(=O)c1ccccc1[N+](=O)[O-].Cl. The first kappa shape index (κ1) is 17.8. The molecule has 2 atom stereocenters. The van der Waals surface area contributed by atoms with Crippen LogP contribution >= 0.6 is 12.4 Å². The second-order valence-electron chi connectivity index (χ2n) is 4.92. The molecule has 1 heterocycles. The van der Waals surface area contributed by atoms with Gasteiger partial charge >= 0.3 is 0 Å². The van der Waals surface area contributed by atoms with Gasteiger partial charge in [-0.15, -0.1) is 12.4 Å². The molecule has 0 aromatic heterocycles. The molecule has 2 N–H and O–H groups in total. The van der Waals surface area contributed by atoms with Crippen LogP contribution in [0.4, 0.5) is 5.69 Å². The number of hydrogen-bond donors (Lipinski definition) is 2. The first-order valence-electron chi connectivity index (χ1n) is 6.38. The van der Waals surface area contributed by atoms with Crippen molar-refractivity contribution in [2.24, 2.45) is 5.92 Å². The number of benzene rings is 1. The first-order chi connectivity index (χ1) is 9.42. The van der Waals surface area contributed by atoms with Crippen molar-refractivity contribution in [3.63, 3.8) is 0 Å². The van der Waals surface area contributed by atoms with Crippen LogP contribution in [0, 0.1) is 16.0 Å². The van der Waals surface area contributed by atoms with E-state index in [0.717, 1.165) is 13.1 Å². The van der Waals surface area contributed by atoms with E-state index in [4.69, 9.17) is 0 Å². The maximum absolute atomic E-state index is 12.3. The van der Waals surface area contributed by atoms with Gasteiger partial charge in [0.1, 0.15) is 0 Å². The number of nitro groups is 1. The van der Waals surface area contributed by atoms with Gasteiger partial charge in [0.25, 0.3) is 5.69 Å². The fraction of sp³-hybridized carbons (Fsp3) is 0.500. The number of rotatable bonds is 4. The Morgan fingerprint density at radius 1 is 1.38 bits per heavy atom. The highest BCUT2D eigenvalue weighted by molar-refractivity contribution is 7.89. The molecule has 1 fully saturated rings. The van der Waals surface area contributed by atoms with E-state index in [1.54, 1.807) is 0 Å². The smallest absolute Gasteiger partial charge is 0.289 e. The Hall–Kier alpha value is -1.22. The van der Waals surface area contributed by atoms with Crippen molar-refractivity contribution in [2.75, 3.05) is 13.1 Å². The standard InChI is InChI=1S/C12H17N3O4S.ClH/c1-9-8-13-7-6-10(9)14-20(18,19)12-5-3-2-4-11(12)15(16)17;/h2-5,9-10,13-14H,6-8H2,1H3;1H. The lowest BCUT2D eigenvalue weighted by molar-refractivity contribution is -0.387. The fourth-order valence-electron chi connectivity index (χ4n) is 2.29. The van der Waals surface area contributed by atoms with Crippen LogP contribution in [0.1, 0.15) is 13.3 Å². The number of piperidine rings is 1. The van der Waals surface area contributed by atoms with Crippen LogP contribution in [0.2, 0.25) is 0 Å². The van der Waals surface area contributed by atoms with Gasteiger partial charge in [0.2, 0.25) is 10.0 Å². The fourth-order valence-corrected chi connectivity index (χ4v) is 3.84. The van der Waals surface area contributed by atoms with Gasteiger partial charge in [0.15, 0.2) is 4.90 Å². The molecule has 0 radical (unpaired) electrons. The zero-order chi connectivity index (χ0) is 14.8. The number of nitrogens with zero attached hydrogens (tertiary/aromatic N) is 1. The molecule has 1 saturated heterocycles. The van der Waals surface area contributed by atoms with E-state index in [0.29, 0.717) is 6.42 Å². The van der Waals surface area contributed by atoms with Crippen LogP contribution in [0.3, 0.4) is 0 Å². The Balaban J connectivity index is 0.00000220. The van der Waals surface area contributed by atoms with E-state index in [1.165, 1.54) is 24.3 Å². The molecule has 9 heteroatoms. The largest absolute Gasteiger partial charge is 0.316 e. The molecule has 7 nitrogen and oxygen atoms in total. The van der Waals surface area contributed by atoms with Crippen molar-refractivity contribution in [1.29, 1.82) is 0 Å². The van der Waals surface area contributed by atoms with Gasteiger partial charge in [0.05, 0.1) is 4.92 Å². The lowest BCUT2D eigenvalue weighted by atomic mass is 9.97. The van der Waals surface area contributed by atoms with Gasteiger partial charge in [-0.25, -0.2) is 13.1 Å². The van der Waals surface area contributed by atoms with Crippen LogP contribution in [-0.4, -0.2) is 32.5 Å². The Labute approximate surface area is 129 Å². The third-order valence-corrected chi connectivity index (χ3v) is 4.98. The van der Waals surface area contributed by atoms with E-state index >= 15 is 0 Å². The summed E-state index contributed by atoms with van der Waals surface area (Å²) in [7, 11) is -3.89. The molecule has 0 bridgehead atoms. The number of hydrogen-bond acceptors (Lipinski definition) is 5. The van der Waals surface area contributed by atoms with Crippen molar-refractivity contribution in [2.45, 2.75) is 24.3 Å². The summed E-state index contributed by atoms with van der Waals surface area (Å²) in [5, 5.41) is 14.1. The van der Waals surface area contributed by atoms with Crippen LogP contribution in [0.15, 0.2) is 29.2 Å². The van der Waals surface area contributed by atoms with Gasteiger partial charge in [-0.2, -0.15) is 0 Å². The maximum atomic E-state index is 12.3. The van der Waals surface area contributed by atoms with E-state index < -0.39 is 20.6 Å². The lowest BCUT2D eigenvalue weighted by Crippen LogP contribution is -2.48. The van der Waals surface area contributed by atoms with Gasteiger partial charge in [-0.1, -0.05) is 19.1 Å². The zero-order valence-corrected chi connectivity index (χ0v) is 13.1. The van der Waals surface area contributed by atoms with Crippen molar-refractivity contribution in [3.8, 4) is 0 Å². The zero-order valence-electron chi connectivity index (χ0n) is 11.5. The highest BCUT2D eigenvalue weighted by atomic mass is 35.5. The summed E-state index contributed by atoms with van der Waals surface area (Å²) < 4.78 is 27.3. The highest BCUT2D eigenvalue weighted by Gasteiger charge is 2.30. The Morgan fingerprint density at radius 2 is 2.05 bits per heavy atom. The number of sulfonamides is 1. The molecule has 118 valence electrons. The van der Waals surface area contributed by atoms with Crippen molar-refractivity contribution in [1.82, 2.24) is 10.0 Å². The Kier molecular flexibility index (Phi) is 6.09. The number of nitro benzene ring substituents is 1. The lowest BCUT2D eigenvalue weighted by Gasteiger charge is -2.29. The minimum atomic E-state index is -3.89. The van der Waals surface area contributed by atoms with Crippen molar-refractivity contribution in [3.05, 3.63) is 34.4 Å². The van der Waals surface area contributed by atoms with Crippen molar-refractivity contribution < 1.29 is 13.3 Å². The first-order valence-corrected chi connectivity index (χ1v) is 7.86. The topological polar surface area (TPSA) is 101 Å². The summed E-state index contributed by atoms with van der Waals surface area (Å²) in [6, 6.07) is 5.17. The molecule has 0 aliphatic carbocycles. The predicted molar refractivity (Wildman–Crippen MR) is 81.1 cm³/mol. The molecule has 0 saturated carbocycles. The van der Waals surface area contributed by atoms with E-state index in [-0.39, 0.29) is 29.3 Å². The number of para-hydroxylation sites is 1. The van der Waals surface area contributed by atoms with E-state index in [9.17, 15) is 18.5 Å². The van der Waals surface area contributed by atoms with Gasteiger partial charge in [-0.3, -0.25) is 10.1 Å². The van der Waals surface area contributed by atoms with Gasteiger partial charge in [-0.05, 0) is 31.5 Å². The molecule has 0 spiro atoms. The van der Waals surface area contributed by atoms with Crippen LogP contribution < -0.4 is 10.0 Å². The second-order valence-corrected chi connectivity index (χ2v) is 6.61. The van der Waals surface area contributed by atoms with Crippen LogP contribution in [0.5, 0.6) is 0 Å². The summed E-state index contributed by atoms with van der Waals surface area (Å²) in [6.07, 6.45) is 0.668. The third-order valence-electron chi connectivity index (χ3n) is 3.44. The normalized spacial score (nSPS) is 22.3. The van der Waals surface area contributed by atoms with Gasteiger partial charge in [0, 0.05) is 12.1 Å². The Bertz CT molecular complexity index is 608. The minimum Gasteiger partial charge on any atom is -0.316 e. The molecule has 21 heavy (non-hydrogen) atoms. The summed E-state index contributed by atoms with van der Waals surface area (Å²) in [5.74, 6) is 0.140. The van der Waals surface area contributed by atoms with Crippen LogP contribution in [0.25, 0.3) is 0 Å². The average Bonchev–Trinajstić information content (AvgIpc) is 2.41. The van der Waals surface area contributed by atoms with E-state index in [1.807, 2.05) is 6.92 Å². The molecule has 0 amide bonds. The van der Waals surface area contributed by atoms with Crippen molar-refractivity contribution >= 4 is 28.1 Å². The molecular weight excluding hydrogens is 318 g/mol. The molecule has 1 aliphatic heterocycles. The molecule has 1 aliphatic rings. The summed E-state index contributed by atoms with van der Waals surface area (Å²) in [6.45, 7) is 3.40. The molecule has 1 aromatic rings. The van der Waals surface area contributed by atoms with E-state index in [2.05, 4.69) is 10.0 Å². The molecule has 1 aromatic carbocycles. The summed E-state index contributed by atoms with van der Waals surface area (Å²) in [5.41, 5.74) is -0.401. The van der Waals surface area contributed by atoms with Crippen LogP contribution in [-0.2, 0) is 10.0 Å². The predicted octanol–water partition coefficient (Wildman–Crippen LogP) is 1.29. The highest BCUT2D eigenvalue weighted by Crippen LogP contribution is 2.24. The molecule has 2 unspecified atom stereocenters. The Morgan fingerprint density at radius 3 is 2.67 bits per heavy atom. The van der Waals surface area contributed by atoms with Gasteiger partial charge < -0.3 is 5.32 Å². The number of nitrogens with one attached hydrogen (secondary N) is 2. The summed E-state index contributed by atoms with van der Waals surface area (Å²) in [4.78, 5) is 9.97.